The van der Waals surface area contributed by atoms with Crippen molar-refractivity contribution in [2.45, 2.75) is 39.8 Å². The Balaban J connectivity index is 2.11. The fraction of sp³-hybridized carbons (Fsp3) is 0.333. The van der Waals surface area contributed by atoms with Crippen LogP contribution in [0.3, 0.4) is 0 Å². The topological polar surface area (TPSA) is 125 Å². The summed E-state index contributed by atoms with van der Waals surface area (Å²) >= 11 is 0. The molecule has 158 valence electrons. The van der Waals surface area contributed by atoms with E-state index in [9.17, 15) is 9.90 Å². The third-order valence-corrected chi connectivity index (χ3v) is 4.38. The molecule has 0 saturated carbocycles. The number of nitrogens with one attached hydrogen (secondary N) is 2. The average molecular weight is 410 g/mol. The standard InChI is InChI=1S/C21H26N6O3/c1-13(26-30)14-5-7-22-16(11-14)23-17-12-15-6-8-27(9-10-28)20(29)18(15)19(24-17)25-21(2,3)4/h5-8,11-12,28,30H,9-10H2,1-4H3,(H2,22,23,24,25)/b26-13-. The number of pyridine rings is 3. The van der Waals surface area contributed by atoms with Crippen LogP contribution in [-0.4, -0.2) is 42.7 Å². The maximum Gasteiger partial charge on any atom is 0.262 e. The van der Waals surface area contributed by atoms with Gasteiger partial charge in [-0.1, -0.05) is 5.16 Å². The number of aliphatic hydroxyl groups excluding tert-OH is 1. The van der Waals surface area contributed by atoms with Crippen LogP contribution in [0.2, 0.25) is 0 Å². The van der Waals surface area contributed by atoms with Crippen molar-refractivity contribution in [2.24, 2.45) is 5.16 Å². The fourth-order valence-electron chi connectivity index (χ4n) is 3.01. The van der Waals surface area contributed by atoms with Gasteiger partial charge >= 0.3 is 0 Å². The predicted molar refractivity (Wildman–Crippen MR) is 118 cm³/mol. The molecular formula is C21H26N6O3. The lowest BCUT2D eigenvalue weighted by molar-refractivity contribution is 0.274. The molecule has 0 aromatic carbocycles. The first-order valence-corrected chi connectivity index (χ1v) is 9.57. The molecule has 0 aliphatic heterocycles. The van der Waals surface area contributed by atoms with Gasteiger partial charge in [0.25, 0.3) is 5.56 Å². The minimum absolute atomic E-state index is 0.126. The van der Waals surface area contributed by atoms with Gasteiger partial charge in [-0.3, -0.25) is 4.79 Å². The molecule has 9 nitrogen and oxygen atoms in total. The Kier molecular flexibility index (Phi) is 6.02. The molecule has 0 bridgehead atoms. The second-order valence-electron chi connectivity index (χ2n) is 7.97. The van der Waals surface area contributed by atoms with Crippen LogP contribution < -0.4 is 16.2 Å². The number of nitrogens with zero attached hydrogens (tertiary/aromatic N) is 4. The van der Waals surface area contributed by atoms with Gasteiger partial charge in [0.15, 0.2) is 0 Å². The Labute approximate surface area is 174 Å². The summed E-state index contributed by atoms with van der Waals surface area (Å²) in [5.41, 5.74) is 0.639. The van der Waals surface area contributed by atoms with Crippen LogP contribution in [0.25, 0.3) is 10.8 Å². The summed E-state index contributed by atoms with van der Waals surface area (Å²) in [5.74, 6) is 1.48. The van der Waals surface area contributed by atoms with Gasteiger partial charge in [-0.05, 0) is 57.3 Å². The van der Waals surface area contributed by atoms with E-state index in [1.807, 2.05) is 26.8 Å². The van der Waals surface area contributed by atoms with Gasteiger partial charge in [-0.2, -0.15) is 0 Å². The Bertz CT molecular complexity index is 1150. The van der Waals surface area contributed by atoms with E-state index in [4.69, 9.17) is 5.21 Å². The molecule has 0 aliphatic rings. The van der Waals surface area contributed by atoms with E-state index in [0.717, 1.165) is 5.56 Å². The molecule has 0 saturated heterocycles. The molecule has 0 spiro atoms. The smallest absolute Gasteiger partial charge is 0.262 e. The zero-order chi connectivity index (χ0) is 21.9. The summed E-state index contributed by atoms with van der Waals surface area (Å²) in [4.78, 5) is 21.9. The van der Waals surface area contributed by atoms with Crippen molar-refractivity contribution < 1.29 is 10.3 Å². The SMILES string of the molecule is C/C(=N/O)c1ccnc(Nc2cc3ccn(CCO)c(=O)c3c(NC(C)(C)C)n2)c1. The number of fused-ring (bicyclic) bond motifs is 1. The first-order valence-electron chi connectivity index (χ1n) is 9.57. The number of rotatable bonds is 6. The quantitative estimate of drug-likeness (QED) is 0.280. The van der Waals surface area contributed by atoms with Crippen molar-refractivity contribution in [1.29, 1.82) is 0 Å². The van der Waals surface area contributed by atoms with Crippen LogP contribution in [-0.2, 0) is 6.54 Å². The van der Waals surface area contributed by atoms with Gasteiger partial charge in [0, 0.05) is 30.0 Å². The highest BCUT2D eigenvalue weighted by atomic mass is 16.4. The van der Waals surface area contributed by atoms with Gasteiger partial charge in [0.1, 0.15) is 17.5 Å². The first-order chi connectivity index (χ1) is 14.2. The van der Waals surface area contributed by atoms with Gasteiger partial charge < -0.3 is 25.5 Å². The fourth-order valence-corrected chi connectivity index (χ4v) is 3.01. The minimum atomic E-state index is -0.324. The van der Waals surface area contributed by atoms with Gasteiger partial charge in [0.05, 0.1) is 17.7 Å². The van der Waals surface area contributed by atoms with Gasteiger partial charge in [-0.15, -0.1) is 0 Å². The van der Waals surface area contributed by atoms with Gasteiger partial charge in [-0.25, -0.2) is 9.97 Å². The molecular weight excluding hydrogens is 384 g/mol. The van der Waals surface area contributed by atoms with E-state index in [0.29, 0.717) is 33.9 Å². The third kappa shape index (κ3) is 4.74. The van der Waals surface area contributed by atoms with Crippen LogP contribution in [0.4, 0.5) is 17.5 Å². The van der Waals surface area contributed by atoms with Crippen molar-refractivity contribution in [3.8, 4) is 0 Å². The summed E-state index contributed by atoms with van der Waals surface area (Å²) in [6.07, 6.45) is 3.26. The molecule has 4 N–H and O–H groups in total. The Hall–Kier alpha value is -3.46. The van der Waals surface area contributed by atoms with E-state index < -0.39 is 0 Å². The van der Waals surface area contributed by atoms with Crippen LogP contribution in [0.5, 0.6) is 0 Å². The predicted octanol–water partition coefficient (Wildman–Crippen LogP) is 2.94. The van der Waals surface area contributed by atoms with Crippen LogP contribution in [0.15, 0.2) is 46.6 Å². The summed E-state index contributed by atoms with van der Waals surface area (Å²) in [6, 6.07) is 7.08. The lowest BCUT2D eigenvalue weighted by atomic mass is 10.1. The monoisotopic (exact) mass is 410 g/mol. The van der Waals surface area contributed by atoms with Gasteiger partial charge in [0.2, 0.25) is 0 Å². The number of oxime groups is 1. The molecule has 0 aliphatic carbocycles. The number of hydrogen-bond donors (Lipinski definition) is 4. The summed E-state index contributed by atoms with van der Waals surface area (Å²) in [7, 11) is 0. The molecule has 3 rings (SSSR count). The highest BCUT2D eigenvalue weighted by Gasteiger charge is 2.17. The maximum atomic E-state index is 12.9. The molecule has 9 heteroatoms. The number of aliphatic hydroxyl groups is 1. The van der Waals surface area contributed by atoms with Crippen molar-refractivity contribution in [3.05, 3.63) is 52.6 Å². The Morgan fingerprint density at radius 3 is 2.67 bits per heavy atom. The van der Waals surface area contributed by atoms with Crippen LogP contribution >= 0.6 is 0 Å². The maximum absolute atomic E-state index is 12.9. The Morgan fingerprint density at radius 1 is 1.23 bits per heavy atom. The summed E-state index contributed by atoms with van der Waals surface area (Å²) in [5, 5.41) is 29.1. The number of anilines is 3. The molecule has 0 atom stereocenters. The van der Waals surface area contributed by atoms with E-state index in [2.05, 4.69) is 25.8 Å². The second kappa shape index (κ2) is 8.50. The zero-order valence-electron chi connectivity index (χ0n) is 17.5. The number of hydrogen-bond acceptors (Lipinski definition) is 8. The minimum Gasteiger partial charge on any atom is -0.411 e. The summed E-state index contributed by atoms with van der Waals surface area (Å²) in [6.45, 7) is 7.73. The van der Waals surface area contributed by atoms with Crippen molar-refractivity contribution >= 4 is 33.9 Å². The lowest BCUT2D eigenvalue weighted by Gasteiger charge is -2.23. The molecule has 0 amide bonds. The molecule has 0 fully saturated rings. The van der Waals surface area contributed by atoms with E-state index in [1.165, 1.54) is 4.57 Å². The van der Waals surface area contributed by atoms with E-state index in [-0.39, 0.29) is 24.2 Å². The first kappa shape index (κ1) is 21.3. The molecule has 3 aromatic rings. The highest BCUT2D eigenvalue weighted by molar-refractivity contribution is 5.99. The zero-order valence-corrected chi connectivity index (χ0v) is 17.5. The molecule has 0 unspecified atom stereocenters. The van der Waals surface area contributed by atoms with Crippen molar-refractivity contribution in [3.63, 3.8) is 0 Å². The third-order valence-electron chi connectivity index (χ3n) is 4.38. The average Bonchev–Trinajstić information content (AvgIpc) is 2.68. The molecule has 0 radical (unpaired) electrons. The second-order valence-corrected chi connectivity index (χ2v) is 7.97. The number of aromatic nitrogens is 3. The molecule has 3 heterocycles. The van der Waals surface area contributed by atoms with Crippen molar-refractivity contribution in [1.82, 2.24) is 14.5 Å². The highest BCUT2D eigenvalue weighted by Crippen LogP contribution is 2.26. The van der Waals surface area contributed by atoms with Crippen LogP contribution in [0, 0.1) is 0 Å². The van der Waals surface area contributed by atoms with Crippen LogP contribution in [0.1, 0.15) is 33.3 Å². The van der Waals surface area contributed by atoms with Crippen molar-refractivity contribution in [2.75, 3.05) is 17.2 Å². The summed E-state index contributed by atoms with van der Waals surface area (Å²) < 4.78 is 1.47. The normalized spacial score (nSPS) is 12.2. The Morgan fingerprint density at radius 2 is 2.00 bits per heavy atom. The van der Waals surface area contributed by atoms with E-state index in [1.54, 1.807) is 37.5 Å². The van der Waals surface area contributed by atoms with E-state index >= 15 is 0 Å². The molecule has 30 heavy (non-hydrogen) atoms. The largest absolute Gasteiger partial charge is 0.411 e. The molecule has 3 aromatic heterocycles. The lowest BCUT2D eigenvalue weighted by Crippen LogP contribution is -2.29.